The molecule has 0 fully saturated rings. The van der Waals surface area contributed by atoms with Crippen LogP contribution in [0.15, 0.2) is 30.3 Å². The van der Waals surface area contributed by atoms with Crippen LogP contribution in [0.4, 0.5) is 13.2 Å². The number of esters is 1. The van der Waals surface area contributed by atoms with Gasteiger partial charge >= 0.3 is 5.97 Å². The summed E-state index contributed by atoms with van der Waals surface area (Å²) in [6, 6.07) is 8.10. The van der Waals surface area contributed by atoms with Gasteiger partial charge in [0, 0.05) is 6.42 Å². The maximum atomic E-state index is 13.2. The van der Waals surface area contributed by atoms with Gasteiger partial charge < -0.3 is 9.84 Å². The zero-order valence-electron chi connectivity index (χ0n) is 11.1. The maximum absolute atomic E-state index is 13.2. The van der Waals surface area contributed by atoms with Crippen LogP contribution in [-0.4, -0.2) is 43.8 Å². The van der Waals surface area contributed by atoms with Crippen LogP contribution in [0, 0.1) is 5.41 Å². The average molecular weight is 290 g/mol. The van der Waals surface area contributed by atoms with Crippen molar-refractivity contribution in [3.8, 4) is 0 Å². The second-order valence-electron chi connectivity index (χ2n) is 4.70. The third-order valence-corrected chi connectivity index (χ3v) is 3.47. The van der Waals surface area contributed by atoms with Gasteiger partial charge in [0.2, 0.25) is 0 Å². The molecule has 0 aliphatic rings. The van der Waals surface area contributed by atoms with Gasteiger partial charge in [0.05, 0.1) is 12.5 Å². The largest absolute Gasteiger partial charge is 0.467 e. The molecule has 112 valence electrons. The molecule has 6 heteroatoms. The molecule has 1 aromatic rings. The minimum absolute atomic E-state index is 0.432. The van der Waals surface area contributed by atoms with Gasteiger partial charge in [-0.25, -0.2) is 4.79 Å². The number of aliphatic hydroxyl groups is 1. The third kappa shape index (κ3) is 2.80. The highest BCUT2D eigenvalue weighted by atomic mass is 19.1. The Bertz CT molecular complexity index is 426. The fourth-order valence-electron chi connectivity index (χ4n) is 1.98. The fourth-order valence-corrected chi connectivity index (χ4v) is 1.98. The van der Waals surface area contributed by atoms with Crippen LogP contribution in [0.25, 0.3) is 0 Å². The molecule has 1 rings (SSSR count). The molecule has 1 N–H and O–H groups in total. The number of halogens is 3. The number of rotatable bonds is 7. The molecule has 0 saturated carbocycles. The molecule has 3 nitrogen and oxygen atoms in total. The van der Waals surface area contributed by atoms with E-state index in [1.807, 2.05) is 0 Å². The molecule has 0 heterocycles. The quantitative estimate of drug-likeness (QED) is 0.782. The molecule has 20 heavy (non-hydrogen) atoms. The minimum atomic E-state index is -2.61. The van der Waals surface area contributed by atoms with Crippen molar-refractivity contribution in [2.24, 2.45) is 5.41 Å². The van der Waals surface area contributed by atoms with Gasteiger partial charge in [0.1, 0.15) is 20.0 Å². The number of carbonyl (C=O) groups is 1. The number of hydrogen-bond donors (Lipinski definition) is 1. The van der Waals surface area contributed by atoms with Crippen molar-refractivity contribution in [3.05, 3.63) is 35.9 Å². The van der Waals surface area contributed by atoms with E-state index in [0.717, 1.165) is 7.11 Å². The lowest BCUT2D eigenvalue weighted by Crippen LogP contribution is -2.60. The first-order chi connectivity index (χ1) is 9.49. The van der Waals surface area contributed by atoms with E-state index in [2.05, 4.69) is 4.74 Å². The average Bonchev–Trinajstić information content (AvgIpc) is 2.49. The summed E-state index contributed by atoms with van der Waals surface area (Å²) >= 11 is 0. The normalized spacial score (nSPS) is 14.7. The summed E-state index contributed by atoms with van der Waals surface area (Å²) in [5.41, 5.74) is -4.63. The number of benzene rings is 1. The van der Waals surface area contributed by atoms with Gasteiger partial charge in [0.25, 0.3) is 0 Å². The first-order valence-electron chi connectivity index (χ1n) is 6.02. The minimum Gasteiger partial charge on any atom is -0.467 e. The molecule has 0 bridgehead atoms. The molecule has 0 saturated heterocycles. The number of alkyl halides is 3. The summed E-state index contributed by atoms with van der Waals surface area (Å²) in [6.07, 6.45) is -0.432. The molecule has 0 radical (unpaired) electrons. The predicted octanol–water partition coefficient (Wildman–Crippen LogP) is 2.03. The first-order valence-corrected chi connectivity index (χ1v) is 6.02. The van der Waals surface area contributed by atoms with E-state index in [-0.39, 0.29) is 0 Å². The molecule has 0 aliphatic carbocycles. The van der Waals surface area contributed by atoms with Crippen molar-refractivity contribution >= 4 is 5.97 Å². The summed E-state index contributed by atoms with van der Waals surface area (Å²) in [4.78, 5) is 11.8. The predicted molar refractivity (Wildman–Crippen MR) is 67.5 cm³/mol. The van der Waals surface area contributed by atoms with Gasteiger partial charge in [-0.05, 0) is 5.56 Å². The Balaban J connectivity index is 3.25. The van der Waals surface area contributed by atoms with Gasteiger partial charge in [0.15, 0.2) is 5.60 Å². The van der Waals surface area contributed by atoms with Gasteiger partial charge in [-0.3, -0.25) is 13.2 Å². The van der Waals surface area contributed by atoms with Crippen LogP contribution < -0.4 is 0 Å². The summed E-state index contributed by atoms with van der Waals surface area (Å²) < 4.78 is 43.9. The second kappa shape index (κ2) is 6.74. The third-order valence-electron chi connectivity index (χ3n) is 3.47. The van der Waals surface area contributed by atoms with Crippen molar-refractivity contribution in [2.75, 3.05) is 27.1 Å². The SMILES string of the molecule is COC(=O)C(O)(Cc1ccccc1)C(CF)(CF)CF. The Morgan fingerprint density at radius 3 is 2.05 bits per heavy atom. The van der Waals surface area contributed by atoms with E-state index in [1.54, 1.807) is 30.3 Å². The highest BCUT2D eigenvalue weighted by Gasteiger charge is 2.57. The molecule has 1 unspecified atom stereocenters. The van der Waals surface area contributed by atoms with Crippen LogP contribution in [0.1, 0.15) is 5.56 Å². The van der Waals surface area contributed by atoms with E-state index < -0.39 is 43.4 Å². The summed E-state index contributed by atoms with van der Waals surface area (Å²) in [5, 5.41) is 10.4. The highest BCUT2D eigenvalue weighted by Crippen LogP contribution is 2.37. The Morgan fingerprint density at radius 2 is 1.65 bits per heavy atom. The maximum Gasteiger partial charge on any atom is 0.339 e. The smallest absolute Gasteiger partial charge is 0.339 e. The zero-order chi connectivity index (χ0) is 15.2. The lowest BCUT2D eigenvalue weighted by molar-refractivity contribution is -0.186. The Kier molecular flexibility index (Phi) is 5.56. The zero-order valence-corrected chi connectivity index (χ0v) is 11.1. The van der Waals surface area contributed by atoms with E-state index in [1.165, 1.54) is 0 Å². The van der Waals surface area contributed by atoms with Gasteiger partial charge in [-0.2, -0.15) is 0 Å². The van der Waals surface area contributed by atoms with Gasteiger partial charge in [-0.1, -0.05) is 30.3 Å². The molecule has 0 aliphatic heterocycles. The van der Waals surface area contributed by atoms with Crippen molar-refractivity contribution in [3.63, 3.8) is 0 Å². The van der Waals surface area contributed by atoms with Gasteiger partial charge in [-0.15, -0.1) is 0 Å². The van der Waals surface area contributed by atoms with E-state index >= 15 is 0 Å². The summed E-state index contributed by atoms with van der Waals surface area (Å²) in [5.74, 6) is -1.26. The van der Waals surface area contributed by atoms with Crippen LogP contribution in [-0.2, 0) is 16.0 Å². The Hall–Kier alpha value is -1.56. The van der Waals surface area contributed by atoms with Crippen molar-refractivity contribution in [1.82, 2.24) is 0 Å². The van der Waals surface area contributed by atoms with E-state index in [4.69, 9.17) is 0 Å². The first kappa shape index (κ1) is 16.5. The van der Waals surface area contributed by atoms with Crippen molar-refractivity contribution in [2.45, 2.75) is 12.0 Å². The highest BCUT2D eigenvalue weighted by molar-refractivity contribution is 5.81. The fraction of sp³-hybridized carbons (Fsp3) is 0.500. The number of ether oxygens (including phenoxy) is 1. The summed E-state index contributed by atoms with van der Waals surface area (Å²) in [6.45, 7) is -4.55. The van der Waals surface area contributed by atoms with E-state index in [0.29, 0.717) is 5.56 Å². The number of hydrogen-bond acceptors (Lipinski definition) is 3. The van der Waals surface area contributed by atoms with Crippen LogP contribution in [0.2, 0.25) is 0 Å². The lowest BCUT2D eigenvalue weighted by Gasteiger charge is -2.39. The summed E-state index contributed by atoms with van der Waals surface area (Å²) in [7, 11) is 0.970. The van der Waals surface area contributed by atoms with Crippen molar-refractivity contribution in [1.29, 1.82) is 0 Å². The molecule has 0 spiro atoms. The number of carbonyl (C=O) groups excluding carboxylic acids is 1. The standard InChI is InChI=1S/C14H17F3O3/c1-20-12(18)14(19,13(8-15,9-16)10-17)7-11-5-3-2-4-6-11/h2-6,19H,7-10H2,1H3. The lowest BCUT2D eigenvalue weighted by atomic mass is 9.71. The molecule has 1 atom stereocenters. The second-order valence-corrected chi connectivity index (χ2v) is 4.70. The van der Waals surface area contributed by atoms with Crippen LogP contribution >= 0.6 is 0 Å². The Labute approximate surface area is 115 Å². The van der Waals surface area contributed by atoms with E-state index in [9.17, 15) is 23.1 Å². The molecular formula is C14H17F3O3. The van der Waals surface area contributed by atoms with Crippen LogP contribution in [0.3, 0.4) is 0 Å². The molecule has 0 aromatic heterocycles. The number of methoxy groups -OCH3 is 1. The molecular weight excluding hydrogens is 273 g/mol. The Morgan fingerprint density at radius 1 is 1.15 bits per heavy atom. The molecule has 0 amide bonds. The monoisotopic (exact) mass is 290 g/mol. The topological polar surface area (TPSA) is 46.5 Å². The van der Waals surface area contributed by atoms with Crippen molar-refractivity contribution < 1.29 is 27.8 Å². The van der Waals surface area contributed by atoms with Crippen LogP contribution in [0.5, 0.6) is 0 Å². The molecule has 1 aromatic carbocycles.